The van der Waals surface area contributed by atoms with Crippen LogP contribution in [0.1, 0.15) is 56.1 Å². The summed E-state index contributed by atoms with van der Waals surface area (Å²) in [5.41, 5.74) is 4.28. The Kier molecular flexibility index (Phi) is 7.30. The van der Waals surface area contributed by atoms with Crippen molar-refractivity contribution in [2.24, 2.45) is 0 Å². The second kappa shape index (κ2) is 10.3. The SMILES string of the molecule is O=C(CCc1ccc(S(=O)(=O)N2CCCc3ccccc32)cc1)NCCC1=CCCCC1. The van der Waals surface area contributed by atoms with E-state index >= 15 is 0 Å². The van der Waals surface area contributed by atoms with Crippen molar-refractivity contribution in [2.45, 2.75) is 62.7 Å². The number of sulfonamides is 1. The van der Waals surface area contributed by atoms with Crippen molar-refractivity contribution in [1.82, 2.24) is 5.32 Å². The van der Waals surface area contributed by atoms with Gasteiger partial charge in [0.15, 0.2) is 0 Å². The van der Waals surface area contributed by atoms with E-state index in [1.165, 1.54) is 29.1 Å². The molecule has 1 heterocycles. The number of aryl methyl sites for hydroxylation is 2. The Balaban J connectivity index is 1.31. The fraction of sp³-hybridized carbons (Fsp3) is 0.423. The molecular formula is C26H32N2O3S. The fourth-order valence-corrected chi connectivity index (χ4v) is 6.09. The average Bonchev–Trinajstić information content (AvgIpc) is 2.83. The maximum Gasteiger partial charge on any atom is 0.264 e. The van der Waals surface area contributed by atoms with Gasteiger partial charge in [0.05, 0.1) is 10.6 Å². The molecule has 170 valence electrons. The lowest BCUT2D eigenvalue weighted by molar-refractivity contribution is -0.121. The first-order valence-electron chi connectivity index (χ1n) is 11.7. The number of amides is 1. The first-order chi connectivity index (χ1) is 15.5. The topological polar surface area (TPSA) is 66.5 Å². The van der Waals surface area contributed by atoms with E-state index in [2.05, 4.69) is 11.4 Å². The number of fused-ring (bicyclic) bond motifs is 1. The van der Waals surface area contributed by atoms with E-state index in [1.807, 2.05) is 36.4 Å². The first-order valence-corrected chi connectivity index (χ1v) is 13.1. The second-order valence-electron chi connectivity index (χ2n) is 8.66. The number of rotatable bonds is 8. The fourth-order valence-electron chi connectivity index (χ4n) is 4.54. The highest BCUT2D eigenvalue weighted by Crippen LogP contribution is 2.31. The molecule has 6 heteroatoms. The van der Waals surface area contributed by atoms with E-state index in [1.54, 1.807) is 12.1 Å². The maximum atomic E-state index is 13.2. The summed E-state index contributed by atoms with van der Waals surface area (Å²) in [5.74, 6) is 0.0445. The highest BCUT2D eigenvalue weighted by Gasteiger charge is 2.28. The van der Waals surface area contributed by atoms with Gasteiger partial charge in [-0.3, -0.25) is 9.10 Å². The number of hydrogen-bond donors (Lipinski definition) is 1. The molecule has 2 aromatic carbocycles. The number of hydrogen-bond acceptors (Lipinski definition) is 3. The van der Waals surface area contributed by atoms with Gasteiger partial charge in [-0.25, -0.2) is 8.42 Å². The summed E-state index contributed by atoms with van der Waals surface area (Å²) in [6, 6.07) is 14.7. The number of para-hydroxylation sites is 1. The minimum absolute atomic E-state index is 0.0445. The Morgan fingerprint density at radius 2 is 1.75 bits per heavy atom. The molecule has 0 fully saturated rings. The van der Waals surface area contributed by atoms with Crippen LogP contribution in [0.25, 0.3) is 0 Å². The van der Waals surface area contributed by atoms with Gasteiger partial charge in [0, 0.05) is 19.5 Å². The van der Waals surface area contributed by atoms with Crippen LogP contribution in [0.5, 0.6) is 0 Å². The number of anilines is 1. The highest BCUT2D eigenvalue weighted by atomic mass is 32.2. The number of benzene rings is 2. The van der Waals surface area contributed by atoms with Gasteiger partial charge in [0.2, 0.25) is 5.91 Å². The molecule has 32 heavy (non-hydrogen) atoms. The maximum absolute atomic E-state index is 13.2. The van der Waals surface area contributed by atoms with Crippen molar-refractivity contribution >= 4 is 21.6 Å². The van der Waals surface area contributed by atoms with Gasteiger partial charge in [0.25, 0.3) is 10.0 Å². The third-order valence-corrected chi connectivity index (χ3v) is 8.20. The molecule has 0 aromatic heterocycles. The van der Waals surface area contributed by atoms with Crippen LogP contribution in [0, 0.1) is 0 Å². The Morgan fingerprint density at radius 1 is 0.938 bits per heavy atom. The number of nitrogens with one attached hydrogen (secondary N) is 1. The highest BCUT2D eigenvalue weighted by molar-refractivity contribution is 7.92. The molecule has 0 atom stereocenters. The standard InChI is InChI=1S/C26H32N2O3S/c29-26(27-19-18-21-7-2-1-3-8-21)17-14-22-12-15-24(16-13-22)32(30,31)28-20-6-10-23-9-4-5-11-25(23)28/h4-5,7,9,11-13,15-16H,1-3,6,8,10,14,17-20H2,(H,27,29). The lowest BCUT2D eigenvalue weighted by Crippen LogP contribution is -2.35. The Hall–Kier alpha value is -2.60. The van der Waals surface area contributed by atoms with Gasteiger partial charge in [-0.2, -0.15) is 0 Å². The Bertz CT molecular complexity index is 1070. The van der Waals surface area contributed by atoms with Gasteiger partial charge in [-0.15, -0.1) is 0 Å². The van der Waals surface area contributed by atoms with Crippen LogP contribution in [-0.4, -0.2) is 27.4 Å². The number of nitrogens with zero attached hydrogens (tertiary/aromatic N) is 1. The quantitative estimate of drug-likeness (QED) is 0.587. The van der Waals surface area contributed by atoms with Crippen LogP contribution < -0.4 is 9.62 Å². The monoisotopic (exact) mass is 452 g/mol. The zero-order chi connectivity index (χ0) is 22.4. The third-order valence-electron chi connectivity index (χ3n) is 6.37. The normalized spacial score (nSPS) is 16.2. The number of allylic oxidation sites excluding steroid dienone is 1. The molecule has 0 unspecified atom stereocenters. The van der Waals surface area contributed by atoms with Gasteiger partial charge >= 0.3 is 0 Å². The van der Waals surface area contributed by atoms with E-state index in [0.717, 1.165) is 42.5 Å². The summed E-state index contributed by atoms with van der Waals surface area (Å²) < 4.78 is 28.0. The minimum Gasteiger partial charge on any atom is -0.356 e. The van der Waals surface area contributed by atoms with Crippen molar-refractivity contribution in [3.8, 4) is 0 Å². The Morgan fingerprint density at radius 3 is 2.53 bits per heavy atom. The van der Waals surface area contributed by atoms with Crippen LogP contribution in [0.3, 0.4) is 0 Å². The second-order valence-corrected chi connectivity index (χ2v) is 10.5. The predicted octanol–water partition coefficient (Wildman–Crippen LogP) is 4.77. The summed E-state index contributed by atoms with van der Waals surface area (Å²) in [6.45, 7) is 1.19. The van der Waals surface area contributed by atoms with Gasteiger partial charge in [-0.05, 0) is 80.7 Å². The van der Waals surface area contributed by atoms with Gasteiger partial charge in [0.1, 0.15) is 0 Å². The zero-order valence-electron chi connectivity index (χ0n) is 18.6. The average molecular weight is 453 g/mol. The van der Waals surface area contributed by atoms with E-state index in [4.69, 9.17) is 0 Å². The van der Waals surface area contributed by atoms with Crippen LogP contribution in [0.2, 0.25) is 0 Å². The van der Waals surface area contributed by atoms with Crippen LogP contribution in [-0.2, 0) is 27.7 Å². The van der Waals surface area contributed by atoms with Crippen molar-refractivity contribution < 1.29 is 13.2 Å². The zero-order valence-corrected chi connectivity index (χ0v) is 19.4. The largest absolute Gasteiger partial charge is 0.356 e. The lowest BCUT2D eigenvalue weighted by Gasteiger charge is -2.30. The molecule has 2 aromatic rings. The summed E-state index contributed by atoms with van der Waals surface area (Å²) >= 11 is 0. The minimum atomic E-state index is -3.60. The molecule has 4 rings (SSSR count). The summed E-state index contributed by atoms with van der Waals surface area (Å²) in [4.78, 5) is 12.5. The molecule has 1 aliphatic carbocycles. The molecule has 5 nitrogen and oxygen atoms in total. The summed E-state index contributed by atoms with van der Waals surface area (Å²) in [7, 11) is -3.60. The number of carbonyl (C=O) groups excluding carboxylic acids is 1. The molecule has 0 radical (unpaired) electrons. The van der Waals surface area contributed by atoms with Crippen LogP contribution in [0.4, 0.5) is 5.69 Å². The molecule has 0 bridgehead atoms. The molecule has 0 spiro atoms. The van der Waals surface area contributed by atoms with Gasteiger partial charge in [-0.1, -0.05) is 42.0 Å². The molecule has 1 aliphatic heterocycles. The summed E-state index contributed by atoms with van der Waals surface area (Å²) in [5, 5.41) is 3.01. The molecule has 0 saturated heterocycles. The predicted molar refractivity (Wildman–Crippen MR) is 128 cm³/mol. The molecule has 0 saturated carbocycles. The first kappa shape index (κ1) is 22.6. The molecular weight excluding hydrogens is 420 g/mol. The summed E-state index contributed by atoms with van der Waals surface area (Å²) in [6.07, 6.45) is 10.9. The van der Waals surface area contributed by atoms with E-state index in [0.29, 0.717) is 30.8 Å². The van der Waals surface area contributed by atoms with Crippen LogP contribution >= 0.6 is 0 Å². The van der Waals surface area contributed by atoms with Crippen molar-refractivity contribution in [1.29, 1.82) is 0 Å². The third kappa shape index (κ3) is 5.41. The smallest absolute Gasteiger partial charge is 0.264 e. The molecule has 2 aliphatic rings. The van der Waals surface area contributed by atoms with Gasteiger partial charge < -0.3 is 5.32 Å². The van der Waals surface area contributed by atoms with E-state index in [9.17, 15) is 13.2 Å². The van der Waals surface area contributed by atoms with Crippen molar-refractivity contribution in [3.63, 3.8) is 0 Å². The van der Waals surface area contributed by atoms with E-state index in [-0.39, 0.29) is 5.91 Å². The van der Waals surface area contributed by atoms with Crippen molar-refractivity contribution in [2.75, 3.05) is 17.4 Å². The molecule has 1 amide bonds. The van der Waals surface area contributed by atoms with E-state index < -0.39 is 10.0 Å². The van der Waals surface area contributed by atoms with Crippen LogP contribution in [0.15, 0.2) is 65.1 Å². The molecule has 1 N–H and O–H groups in total. The van der Waals surface area contributed by atoms with Crippen molar-refractivity contribution in [3.05, 3.63) is 71.3 Å². The lowest BCUT2D eigenvalue weighted by atomic mass is 9.97. The number of carbonyl (C=O) groups is 1. The Labute approximate surface area is 191 Å².